The van der Waals surface area contributed by atoms with Crippen LogP contribution in [-0.2, 0) is 24.4 Å². The number of aliphatic hydroxyl groups is 1. The molecule has 1 aliphatic carbocycles. The lowest BCUT2D eigenvalue weighted by molar-refractivity contribution is -0.142. The monoisotopic (exact) mass is 601 g/mol. The molecule has 1 heterocycles. The lowest BCUT2D eigenvalue weighted by atomic mass is 9.96. The summed E-state index contributed by atoms with van der Waals surface area (Å²) >= 11 is 6.68. The number of pyridine rings is 1. The van der Waals surface area contributed by atoms with Gasteiger partial charge >= 0.3 is 5.97 Å². The molecule has 5 rings (SSSR count). The van der Waals surface area contributed by atoms with E-state index >= 15 is 0 Å². The summed E-state index contributed by atoms with van der Waals surface area (Å²) in [5, 5.41) is 31.7. The van der Waals surface area contributed by atoms with Crippen LogP contribution in [0, 0.1) is 17.1 Å². The van der Waals surface area contributed by atoms with Crippen LogP contribution in [-0.4, -0.2) is 33.3 Å². The zero-order chi connectivity index (χ0) is 30.5. The van der Waals surface area contributed by atoms with Gasteiger partial charge in [-0.25, -0.2) is 4.39 Å². The van der Waals surface area contributed by atoms with E-state index in [1.165, 1.54) is 19.2 Å². The minimum absolute atomic E-state index is 0.0337. The maximum Gasteiger partial charge on any atom is 0.323 e. The number of halogens is 2. The highest BCUT2D eigenvalue weighted by atomic mass is 35.5. The molecule has 0 radical (unpaired) electrons. The summed E-state index contributed by atoms with van der Waals surface area (Å²) in [5.41, 5.74) is 4.93. The average Bonchev–Trinajstić information content (AvgIpc) is 3.40. The van der Waals surface area contributed by atoms with Gasteiger partial charge in [-0.3, -0.25) is 15.1 Å². The molecule has 0 bridgehead atoms. The van der Waals surface area contributed by atoms with Crippen molar-refractivity contribution in [3.8, 4) is 28.7 Å². The second kappa shape index (κ2) is 13.2. The first-order chi connectivity index (χ1) is 20.7. The number of hydrogen-bond acceptors (Lipinski definition) is 7. The number of carboxylic acid groups (broad SMARTS) is 1. The van der Waals surface area contributed by atoms with Crippen molar-refractivity contribution in [2.75, 3.05) is 0 Å². The van der Waals surface area contributed by atoms with Crippen molar-refractivity contribution < 1.29 is 28.9 Å². The Hall–Kier alpha value is -4.49. The van der Waals surface area contributed by atoms with Crippen molar-refractivity contribution in [2.45, 2.75) is 51.2 Å². The number of aliphatic carboxylic acids is 1. The zero-order valence-electron chi connectivity index (χ0n) is 23.3. The molecule has 0 spiro atoms. The molecule has 1 aromatic heterocycles. The Morgan fingerprint density at radius 2 is 1.95 bits per heavy atom. The third-order valence-electron chi connectivity index (χ3n) is 7.34. The topological polar surface area (TPSA) is 125 Å². The van der Waals surface area contributed by atoms with Crippen LogP contribution in [0.4, 0.5) is 4.39 Å². The molecule has 3 aromatic carbocycles. The van der Waals surface area contributed by atoms with E-state index in [1.54, 1.807) is 36.5 Å². The number of nitrogens with one attached hydrogen (secondary N) is 1. The van der Waals surface area contributed by atoms with Crippen LogP contribution < -0.4 is 14.8 Å². The molecule has 3 N–H and O–H groups in total. The third kappa shape index (κ3) is 6.78. The Morgan fingerprint density at radius 3 is 2.70 bits per heavy atom. The van der Waals surface area contributed by atoms with Crippen LogP contribution in [0.15, 0.2) is 73.1 Å². The lowest BCUT2D eigenvalue weighted by Crippen LogP contribution is -2.44. The molecule has 43 heavy (non-hydrogen) atoms. The van der Waals surface area contributed by atoms with Crippen LogP contribution in [0.5, 0.6) is 11.5 Å². The van der Waals surface area contributed by atoms with Gasteiger partial charge in [-0.1, -0.05) is 48.0 Å². The van der Waals surface area contributed by atoms with Crippen molar-refractivity contribution in [1.82, 2.24) is 10.3 Å². The van der Waals surface area contributed by atoms with E-state index in [-0.39, 0.29) is 25.1 Å². The molecule has 0 unspecified atom stereocenters. The number of nitriles is 1. The quantitative estimate of drug-likeness (QED) is 0.192. The number of ether oxygens (including phenoxy) is 2. The number of fused-ring (bicyclic) bond motifs is 1. The molecule has 4 aromatic rings. The first kappa shape index (κ1) is 30.0. The fourth-order valence-electron chi connectivity index (χ4n) is 5.24. The number of aromatic nitrogens is 1. The predicted octanol–water partition coefficient (Wildman–Crippen LogP) is 5.98. The Balaban J connectivity index is 1.43. The van der Waals surface area contributed by atoms with E-state index in [0.29, 0.717) is 51.6 Å². The Kier molecular flexibility index (Phi) is 9.22. The van der Waals surface area contributed by atoms with Crippen molar-refractivity contribution in [3.63, 3.8) is 0 Å². The third-order valence-corrected chi connectivity index (χ3v) is 7.64. The normalized spacial score (nSPS) is 15.3. The van der Waals surface area contributed by atoms with Gasteiger partial charge < -0.3 is 19.7 Å². The number of aliphatic hydroxyl groups excluding tert-OH is 1. The Morgan fingerprint density at radius 1 is 1.16 bits per heavy atom. The molecular formula is C33H29ClFN3O5. The number of hydrogen-bond donors (Lipinski definition) is 3. The maximum atomic E-state index is 14.6. The highest BCUT2D eigenvalue weighted by molar-refractivity contribution is 6.32. The molecule has 8 nitrogen and oxygen atoms in total. The minimum Gasteiger partial charge on any atom is -0.488 e. The SMILES string of the molecule is C[C@H](O)[C@H](NCc1cc(Cl)c(O[C@@H]2CCc3c(-c4ccccc4F)cccc32)cc1OCc1cncc(C#N)c1)C(=O)O. The number of nitrogens with zero attached hydrogens (tertiary/aromatic N) is 2. The summed E-state index contributed by atoms with van der Waals surface area (Å²) < 4.78 is 27.2. The summed E-state index contributed by atoms with van der Waals surface area (Å²) in [6, 6.07) is 18.2. The van der Waals surface area contributed by atoms with E-state index in [2.05, 4.69) is 10.3 Å². The molecule has 10 heteroatoms. The molecule has 0 amide bonds. The van der Waals surface area contributed by atoms with Crippen molar-refractivity contribution in [2.24, 2.45) is 0 Å². The predicted molar refractivity (Wildman–Crippen MR) is 158 cm³/mol. The first-order valence-electron chi connectivity index (χ1n) is 13.7. The van der Waals surface area contributed by atoms with E-state index in [4.69, 9.17) is 21.1 Å². The van der Waals surface area contributed by atoms with Gasteiger partial charge in [-0.2, -0.15) is 5.26 Å². The van der Waals surface area contributed by atoms with Gasteiger partial charge in [0.1, 0.15) is 42.1 Å². The fourth-order valence-corrected chi connectivity index (χ4v) is 5.47. The van der Waals surface area contributed by atoms with Crippen LogP contribution >= 0.6 is 11.6 Å². The molecule has 0 aliphatic heterocycles. The Labute approximate surface area is 253 Å². The minimum atomic E-state index is -1.21. The molecule has 0 saturated heterocycles. The van der Waals surface area contributed by atoms with Crippen molar-refractivity contribution in [3.05, 3.63) is 112 Å². The highest BCUT2D eigenvalue weighted by Crippen LogP contribution is 2.43. The van der Waals surface area contributed by atoms with Gasteiger partial charge in [0, 0.05) is 41.7 Å². The molecule has 0 fully saturated rings. The molecule has 1 aliphatic rings. The average molecular weight is 602 g/mol. The van der Waals surface area contributed by atoms with Gasteiger partial charge in [-0.15, -0.1) is 0 Å². The molecule has 0 saturated carbocycles. The summed E-state index contributed by atoms with van der Waals surface area (Å²) in [7, 11) is 0. The summed E-state index contributed by atoms with van der Waals surface area (Å²) in [6.45, 7) is 1.50. The smallest absolute Gasteiger partial charge is 0.323 e. The van der Waals surface area contributed by atoms with E-state index < -0.39 is 18.1 Å². The fraction of sp³-hybridized carbons (Fsp3) is 0.242. The number of rotatable bonds is 11. The lowest BCUT2D eigenvalue weighted by Gasteiger charge is -2.21. The summed E-state index contributed by atoms with van der Waals surface area (Å²) in [6.07, 6.45) is 2.92. The van der Waals surface area contributed by atoms with Crippen LogP contribution in [0.1, 0.15) is 47.3 Å². The molecule has 3 atom stereocenters. The standard InChI is InChI=1S/C33H29ClFN3O5/c1-19(39)32(33(40)41)38-17-22-12-27(34)31(13-30(22)42-18-21-11-20(14-36)15-37-16-21)43-29-10-9-24-23(6-4-7-26(24)29)25-5-2-3-8-28(25)35/h2-8,11-13,15-16,19,29,32,38-39H,9-10,17-18H2,1H3,(H,40,41)/t19-,29+,32-/m0/s1. The highest BCUT2D eigenvalue weighted by Gasteiger charge is 2.29. The number of carboxylic acids is 1. The maximum absolute atomic E-state index is 14.6. The van der Waals surface area contributed by atoms with Crippen LogP contribution in [0.3, 0.4) is 0 Å². The van der Waals surface area contributed by atoms with E-state index in [1.807, 2.05) is 30.3 Å². The molecular weight excluding hydrogens is 573 g/mol. The van der Waals surface area contributed by atoms with E-state index in [0.717, 1.165) is 16.7 Å². The number of benzene rings is 3. The van der Waals surface area contributed by atoms with E-state index in [9.17, 15) is 24.7 Å². The zero-order valence-corrected chi connectivity index (χ0v) is 24.0. The van der Waals surface area contributed by atoms with Crippen LogP contribution in [0.2, 0.25) is 5.02 Å². The largest absolute Gasteiger partial charge is 0.488 e. The molecule has 220 valence electrons. The van der Waals surface area contributed by atoms with Gasteiger partial charge in [0.25, 0.3) is 0 Å². The van der Waals surface area contributed by atoms with Gasteiger partial charge in [-0.05, 0) is 54.7 Å². The number of carbonyl (C=O) groups is 1. The van der Waals surface area contributed by atoms with Crippen molar-refractivity contribution in [1.29, 1.82) is 5.26 Å². The second-order valence-corrected chi connectivity index (χ2v) is 10.7. The Bertz CT molecular complexity index is 1690. The first-order valence-corrected chi connectivity index (χ1v) is 14.1. The summed E-state index contributed by atoms with van der Waals surface area (Å²) in [5.74, 6) is -0.741. The van der Waals surface area contributed by atoms with Gasteiger partial charge in [0.15, 0.2) is 0 Å². The van der Waals surface area contributed by atoms with Crippen LogP contribution in [0.25, 0.3) is 11.1 Å². The summed E-state index contributed by atoms with van der Waals surface area (Å²) in [4.78, 5) is 15.7. The van der Waals surface area contributed by atoms with Crippen molar-refractivity contribution >= 4 is 17.6 Å². The van der Waals surface area contributed by atoms with Gasteiger partial charge in [0.05, 0.1) is 16.7 Å². The second-order valence-electron chi connectivity index (χ2n) is 10.3. The van der Waals surface area contributed by atoms with Gasteiger partial charge in [0.2, 0.25) is 0 Å².